The standard InChI is InChI=1S/C26H25ClN2O/c1-2-5-23(26(30)29-21-14-12-20(27)13-15-21)19-10-8-18(9-11-19)22-16-17-28-25-7-4-3-6-24(22)25/h1,3-4,6-7,12-19,23H,5,8-11H2,(H,29,30)/t18?,19?,23-/m1/s1. The highest BCUT2D eigenvalue weighted by molar-refractivity contribution is 6.30. The highest BCUT2D eigenvalue weighted by Crippen LogP contribution is 2.41. The van der Waals surface area contributed by atoms with Gasteiger partial charge in [0.15, 0.2) is 0 Å². The van der Waals surface area contributed by atoms with Gasteiger partial charge in [0, 0.05) is 28.7 Å². The van der Waals surface area contributed by atoms with E-state index in [1.807, 2.05) is 24.4 Å². The molecule has 1 amide bonds. The minimum Gasteiger partial charge on any atom is -0.326 e. The number of carbonyl (C=O) groups is 1. The van der Waals surface area contributed by atoms with Gasteiger partial charge in [-0.3, -0.25) is 9.78 Å². The summed E-state index contributed by atoms with van der Waals surface area (Å²) in [4.78, 5) is 17.5. The van der Waals surface area contributed by atoms with Gasteiger partial charge in [0.2, 0.25) is 5.91 Å². The van der Waals surface area contributed by atoms with Crippen molar-refractivity contribution in [3.8, 4) is 12.3 Å². The summed E-state index contributed by atoms with van der Waals surface area (Å²) in [6, 6.07) is 17.7. The number of hydrogen-bond donors (Lipinski definition) is 1. The highest BCUT2D eigenvalue weighted by atomic mass is 35.5. The second-order valence-corrected chi connectivity index (χ2v) is 8.48. The summed E-state index contributed by atoms with van der Waals surface area (Å²) in [5.74, 6) is 3.36. The van der Waals surface area contributed by atoms with E-state index in [4.69, 9.17) is 18.0 Å². The first kappa shape index (κ1) is 20.4. The van der Waals surface area contributed by atoms with Crippen LogP contribution in [0, 0.1) is 24.2 Å². The van der Waals surface area contributed by atoms with Gasteiger partial charge in [-0.15, -0.1) is 12.3 Å². The van der Waals surface area contributed by atoms with E-state index in [9.17, 15) is 4.79 Å². The van der Waals surface area contributed by atoms with Gasteiger partial charge in [-0.25, -0.2) is 0 Å². The Bertz CT molecular complexity index is 1060. The molecule has 152 valence electrons. The van der Waals surface area contributed by atoms with Crippen LogP contribution >= 0.6 is 11.6 Å². The molecule has 0 aliphatic heterocycles. The fourth-order valence-corrected chi connectivity index (χ4v) is 4.80. The van der Waals surface area contributed by atoms with Crippen LogP contribution in [0.3, 0.4) is 0 Å². The van der Waals surface area contributed by atoms with E-state index < -0.39 is 0 Å². The normalized spacial score (nSPS) is 19.7. The van der Waals surface area contributed by atoms with Crippen molar-refractivity contribution in [3.63, 3.8) is 0 Å². The van der Waals surface area contributed by atoms with Crippen molar-refractivity contribution >= 4 is 34.1 Å². The van der Waals surface area contributed by atoms with Gasteiger partial charge in [-0.05, 0) is 79.5 Å². The van der Waals surface area contributed by atoms with E-state index in [2.05, 4.69) is 40.5 Å². The predicted octanol–water partition coefficient (Wildman–Crippen LogP) is 6.44. The Balaban J connectivity index is 1.44. The molecule has 0 spiro atoms. The first-order valence-corrected chi connectivity index (χ1v) is 10.9. The lowest BCUT2D eigenvalue weighted by Gasteiger charge is -2.33. The molecule has 2 aromatic carbocycles. The van der Waals surface area contributed by atoms with E-state index in [1.165, 1.54) is 10.9 Å². The second kappa shape index (κ2) is 9.32. The molecule has 0 radical (unpaired) electrons. The molecular formula is C26H25ClN2O. The van der Waals surface area contributed by atoms with Crippen LogP contribution in [-0.2, 0) is 4.79 Å². The SMILES string of the molecule is C#CC[C@@H](C(=O)Nc1ccc(Cl)cc1)C1CCC(c2ccnc3ccccc23)CC1. The lowest BCUT2D eigenvalue weighted by Crippen LogP contribution is -2.31. The Morgan fingerprint density at radius 3 is 2.57 bits per heavy atom. The van der Waals surface area contributed by atoms with Gasteiger partial charge >= 0.3 is 0 Å². The Labute approximate surface area is 182 Å². The number of nitrogens with zero attached hydrogens (tertiary/aromatic N) is 1. The molecule has 1 aliphatic carbocycles. The molecule has 0 bridgehead atoms. The highest BCUT2D eigenvalue weighted by Gasteiger charge is 2.32. The summed E-state index contributed by atoms with van der Waals surface area (Å²) in [6.45, 7) is 0. The number of fused-ring (bicyclic) bond motifs is 1. The third-order valence-corrected chi connectivity index (χ3v) is 6.50. The van der Waals surface area contributed by atoms with Crippen molar-refractivity contribution < 1.29 is 4.79 Å². The zero-order valence-electron chi connectivity index (χ0n) is 16.9. The largest absolute Gasteiger partial charge is 0.326 e. The summed E-state index contributed by atoms with van der Waals surface area (Å²) in [5, 5.41) is 4.91. The maximum Gasteiger partial charge on any atom is 0.228 e. The summed E-state index contributed by atoms with van der Waals surface area (Å²) in [7, 11) is 0. The molecule has 0 saturated heterocycles. The van der Waals surface area contributed by atoms with Gasteiger partial charge in [-0.1, -0.05) is 29.8 Å². The smallest absolute Gasteiger partial charge is 0.228 e. The molecule has 3 aromatic rings. The molecule has 1 fully saturated rings. The van der Waals surface area contributed by atoms with Crippen molar-refractivity contribution in [3.05, 3.63) is 71.4 Å². The monoisotopic (exact) mass is 416 g/mol. The number of carbonyl (C=O) groups excluding carboxylic acids is 1. The Morgan fingerprint density at radius 2 is 1.83 bits per heavy atom. The molecule has 4 heteroatoms. The maximum atomic E-state index is 13.0. The van der Waals surface area contributed by atoms with Crippen molar-refractivity contribution in [1.29, 1.82) is 0 Å². The number of rotatable bonds is 5. The Hall–Kier alpha value is -2.83. The first-order chi connectivity index (χ1) is 14.7. The van der Waals surface area contributed by atoms with Gasteiger partial charge < -0.3 is 5.32 Å². The average molecular weight is 417 g/mol. The molecule has 1 atom stereocenters. The van der Waals surface area contributed by atoms with Crippen LogP contribution in [0.25, 0.3) is 10.9 Å². The molecule has 1 saturated carbocycles. The summed E-state index contributed by atoms with van der Waals surface area (Å²) in [6.07, 6.45) is 12.1. The van der Waals surface area contributed by atoms with Crippen LogP contribution in [0.1, 0.15) is 43.6 Å². The molecule has 1 aliphatic rings. The number of amides is 1. The third kappa shape index (κ3) is 4.50. The third-order valence-electron chi connectivity index (χ3n) is 6.25. The number of terminal acetylenes is 1. The predicted molar refractivity (Wildman–Crippen MR) is 123 cm³/mol. The Kier molecular flexibility index (Phi) is 6.35. The zero-order chi connectivity index (χ0) is 20.9. The fraction of sp³-hybridized carbons (Fsp3) is 0.308. The van der Waals surface area contributed by atoms with Crippen molar-refractivity contribution in [2.24, 2.45) is 11.8 Å². The van der Waals surface area contributed by atoms with Crippen LogP contribution < -0.4 is 5.32 Å². The molecule has 1 heterocycles. The zero-order valence-corrected chi connectivity index (χ0v) is 17.6. The minimum absolute atomic E-state index is 0.00748. The summed E-state index contributed by atoms with van der Waals surface area (Å²) >= 11 is 5.94. The summed E-state index contributed by atoms with van der Waals surface area (Å²) < 4.78 is 0. The molecule has 1 aromatic heterocycles. The van der Waals surface area contributed by atoms with Crippen LogP contribution in [0.2, 0.25) is 5.02 Å². The van der Waals surface area contributed by atoms with Gasteiger partial charge in [0.1, 0.15) is 0 Å². The van der Waals surface area contributed by atoms with E-state index in [0.717, 1.165) is 36.9 Å². The Morgan fingerprint density at radius 1 is 1.10 bits per heavy atom. The van der Waals surface area contributed by atoms with Crippen molar-refractivity contribution in [2.75, 3.05) is 5.32 Å². The molecule has 3 nitrogen and oxygen atoms in total. The van der Waals surface area contributed by atoms with Gasteiger partial charge in [0.25, 0.3) is 0 Å². The molecule has 30 heavy (non-hydrogen) atoms. The minimum atomic E-state index is -0.166. The molecule has 1 N–H and O–H groups in total. The van der Waals surface area contributed by atoms with E-state index in [1.54, 1.807) is 12.1 Å². The number of aromatic nitrogens is 1. The lowest BCUT2D eigenvalue weighted by molar-refractivity contribution is -0.121. The van der Waals surface area contributed by atoms with Crippen LogP contribution in [0.15, 0.2) is 60.8 Å². The van der Waals surface area contributed by atoms with Crippen molar-refractivity contribution in [2.45, 2.75) is 38.0 Å². The quantitative estimate of drug-likeness (QED) is 0.486. The van der Waals surface area contributed by atoms with Gasteiger partial charge in [-0.2, -0.15) is 0 Å². The molecule has 4 rings (SSSR count). The van der Waals surface area contributed by atoms with E-state index in [0.29, 0.717) is 23.3 Å². The number of halogens is 1. The van der Waals surface area contributed by atoms with Gasteiger partial charge in [0.05, 0.1) is 11.4 Å². The topological polar surface area (TPSA) is 42.0 Å². The fourth-order valence-electron chi connectivity index (χ4n) is 4.68. The lowest BCUT2D eigenvalue weighted by atomic mass is 9.72. The number of nitrogens with one attached hydrogen (secondary N) is 1. The van der Waals surface area contributed by atoms with Crippen molar-refractivity contribution in [1.82, 2.24) is 4.98 Å². The van der Waals surface area contributed by atoms with E-state index >= 15 is 0 Å². The van der Waals surface area contributed by atoms with Crippen LogP contribution in [-0.4, -0.2) is 10.9 Å². The van der Waals surface area contributed by atoms with Crippen LogP contribution in [0.4, 0.5) is 5.69 Å². The number of hydrogen-bond acceptors (Lipinski definition) is 2. The van der Waals surface area contributed by atoms with Crippen LogP contribution in [0.5, 0.6) is 0 Å². The second-order valence-electron chi connectivity index (χ2n) is 8.04. The molecule has 0 unspecified atom stereocenters. The first-order valence-electron chi connectivity index (χ1n) is 10.5. The number of para-hydroxylation sites is 1. The number of anilines is 1. The number of benzene rings is 2. The molecular weight excluding hydrogens is 392 g/mol. The summed E-state index contributed by atoms with van der Waals surface area (Å²) in [5.41, 5.74) is 3.17. The number of pyridine rings is 1. The van der Waals surface area contributed by atoms with E-state index in [-0.39, 0.29) is 11.8 Å². The maximum absolute atomic E-state index is 13.0. The average Bonchev–Trinajstić information content (AvgIpc) is 2.79.